The second-order valence-electron chi connectivity index (χ2n) is 9.93. The average Bonchev–Trinajstić information content (AvgIpc) is 3.02. The first-order valence-corrected chi connectivity index (χ1v) is 13.8. The van der Waals surface area contributed by atoms with E-state index in [4.69, 9.17) is 9.47 Å². The molecule has 0 spiro atoms. The summed E-state index contributed by atoms with van der Waals surface area (Å²) in [5, 5.41) is 16.2. The molecule has 0 bridgehead atoms. The molecule has 3 heterocycles. The molecule has 0 aliphatic carbocycles. The Morgan fingerprint density at radius 2 is 1.52 bits per heavy atom. The highest BCUT2D eigenvalue weighted by atomic mass is 16.6. The molecule has 14 nitrogen and oxygen atoms in total. The molecular formula is C30H35N9O5. The molecule has 4 aromatic rings. The maximum Gasteiger partial charge on any atom is 0.414 e. The topological polar surface area (TPSA) is 168 Å². The SMILES string of the molecule is COCCNc1nc(N[C@@H](Cc2ccc(OC(=O)N(C)C)cc2)C(=O)O)nc(N(Cc2cccnc2)Cc2cccnc2)n1. The molecule has 44 heavy (non-hydrogen) atoms. The van der Waals surface area contributed by atoms with E-state index in [-0.39, 0.29) is 18.3 Å². The number of carbonyl (C=O) groups excluding carboxylic acids is 1. The molecular weight excluding hydrogens is 566 g/mol. The third kappa shape index (κ3) is 9.59. The van der Waals surface area contributed by atoms with Crippen LogP contribution in [-0.4, -0.2) is 87.4 Å². The lowest BCUT2D eigenvalue weighted by atomic mass is 10.1. The minimum absolute atomic E-state index is 0.0845. The predicted molar refractivity (Wildman–Crippen MR) is 163 cm³/mol. The highest BCUT2D eigenvalue weighted by molar-refractivity contribution is 5.77. The van der Waals surface area contributed by atoms with E-state index in [1.54, 1.807) is 70.3 Å². The number of carboxylic acids is 1. The molecule has 1 aromatic carbocycles. The Morgan fingerprint density at radius 1 is 0.886 bits per heavy atom. The number of hydrogen-bond acceptors (Lipinski definition) is 12. The monoisotopic (exact) mass is 601 g/mol. The van der Waals surface area contributed by atoms with Crippen LogP contribution >= 0.6 is 0 Å². The fourth-order valence-electron chi connectivity index (χ4n) is 4.01. The van der Waals surface area contributed by atoms with Gasteiger partial charge < -0.3 is 35.0 Å². The quantitative estimate of drug-likeness (QED) is 0.170. The first kappa shape index (κ1) is 31.6. The maximum absolute atomic E-state index is 12.3. The van der Waals surface area contributed by atoms with Crippen LogP contribution in [0.25, 0.3) is 0 Å². The van der Waals surface area contributed by atoms with Crippen molar-refractivity contribution in [3.63, 3.8) is 0 Å². The van der Waals surface area contributed by atoms with Crippen LogP contribution in [-0.2, 0) is 29.0 Å². The van der Waals surface area contributed by atoms with Gasteiger partial charge in [0.15, 0.2) is 0 Å². The summed E-state index contributed by atoms with van der Waals surface area (Å²) in [6, 6.07) is 13.2. The number of hydrogen-bond donors (Lipinski definition) is 3. The normalized spacial score (nSPS) is 11.3. The van der Waals surface area contributed by atoms with Crippen molar-refractivity contribution in [2.75, 3.05) is 49.9 Å². The summed E-state index contributed by atoms with van der Waals surface area (Å²) in [7, 11) is 4.76. The lowest BCUT2D eigenvalue weighted by Crippen LogP contribution is -2.33. The summed E-state index contributed by atoms with van der Waals surface area (Å²) in [6.45, 7) is 1.70. The highest BCUT2D eigenvalue weighted by Gasteiger charge is 2.22. The lowest BCUT2D eigenvalue weighted by molar-refractivity contribution is -0.137. The minimum atomic E-state index is -1.09. The largest absolute Gasteiger partial charge is 0.480 e. The molecule has 0 unspecified atom stereocenters. The van der Waals surface area contributed by atoms with Crippen LogP contribution in [0.4, 0.5) is 22.6 Å². The van der Waals surface area contributed by atoms with Crippen LogP contribution in [0.3, 0.4) is 0 Å². The predicted octanol–water partition coefficient (Wildman–Crippen LogP) is 3.09. The van der Waals surface area contributed by atoms with Crippen LogP contribution in [0, 0.1) is 0 Å². The van der Waals surface area contributed by atoms with Crippen LogP contribution in [0.2, 0.25) is 0 Å². The van der Waals surface area contributed by atoms with Crippen molar-refractivity contribution < 1.29 is 24.2 Å². The van der Waals surface area contributed by atoms with Gasteiger partial charge in [0, 0.05) is 72.0 Å². The van der Waals surface area contributed by atoms with Gasteiger partial charge in [0.25, 0.3) is 0 Å². The van der Waals surface area contributed by atoms with Crippen LogP contribution in [0.15, 0.2) is 73.3 Å². The van der Waals surface area contributed by atoms with E-state index in [9.17, 15) is 14.7 Å². The Hall–Kier alpha value is -5.37. The van der Waals surface area contributed by atoms with Crippen LogP contribution in [0.5, 0.6) is 5.75 Å². The van der Waals surface area contributed by atoms with Crippen molar-refractivity contribution in [3.05, 3.63) is 90.0 Å². The molecule has 0 saturated heterocycles. The molecule has 14 heteroatoms. The number of carboxylic acid groups (broad SMARTS) is 1. The van der Waals surface area contributed by atoms with E-state index >= 15 is 0 Å². The second-order valence-corrected chi connectivity index (χ2v) is 9.93. The molecule has 4 rings (SSSR count). The Labute approximate surface area is 255 Å². The first-order valence-electron chi connectivity index (χ1n) is 13.8. The number of carbonyl (C=O) groups is 2. The van der Waals surface area contributed by atoms with Gasteiger partial charge in [-0.25, -0.2) is 9.59 Å². The Kier molecular flexibility index (Phi) is 11.3. The first-order chi connectivity index (χ1) is 21.3. The van der Waals surface area contributed by atoms with Crippen molar-refractivity contribution in [1.82, 2.24) is 29.8 Å². The van der Waals surface area contributed by atoms with Crippen molar-refractivity contribution in [2.45, 2.75) is 25.6 Å². The van der Waals surface area contributed by atoms with Crippen molar-refractivity contribution in [3.8, 4) is 5.75 Å². The summed E-state index contributed by atoms with van der Waals surface area (Å²) >= 11 is 0. The fourth-order valence-corrected chi connectivity index (χ4v) is 4.01. The Balaban J connectivity index is 1.61. The Bertz CT molecular complexity index is 1450. The molecule has 3 aromatic heterocycles. The molecule has 0 aliphatic heterocycles. The number of aliphatic carboxylic acids is 1. The Morgan fingerprint density at radius 3 is 2.07 bits per heavy atom. The summed E-state index contributed by atoms with van der Waals surface area (Å²) < 4.78 is 10.4. The number of anilines is 3. The molecule has 1 amide bonds. The van der Waals surface area contributed by atoms with E-state index in [0.29, 0.717) is 43.5 Å². The van der Waals surface area contributed by atoms with E-state index in [1.165, 1.54) is 4.90 Å². The van der Waals surface area contributed by atoms with Crippen molar-refractivity contribution in [1.29, 1.82) is 0 Å². The summed E-state index contributed by atoms with van der Waals surface area (Å²) in [6.07, 6.45) is 6.54. The average molecular weight is 602 g/mol. The smallest absolute Gasteiger partial charge is 0.414 e. The summed E-state index contributed by atoms with van der Waals surface area (Å²) in [4.78, 5) is 49.6. The molecule has 0 radical (unpaired) electrons. The van der Waals surface area contributed by atoms with Gasteiger partial charge in [-0.15, -0.1) is 0 Å². The number of nitrogens with one attached hydrogen (secondary N) is 2. The molecule has 1 atom stereocenters. The van der Waals surface area contributed by atoms with Gasteiger partial charge in [-0.05, 0) is 41.0 Å². The molecule has 0 fully saturated rings. The summed E-state index contributed by atoms with van der Waals surface area (Å²) in [5.41, 5.74) is 2.57. The fraction of sp³-hybridized carbons (Fsp3) is 0.300. The molecule has 0 aliphatic rings. The maximum atomic E-state index is 12.3. The van der Waals surface area contributed by atoms with Gasteiger partial charge in [-0.1, -0.05) is 24.3 Å². The van der Waals surface area contributed by atoms with Crippen LogP contribution < -0.4 is 20.3 Å². The zero-order valence-corrected chi connectivity index (χ0v) is 24.8. The van der Waals surface area contributed by atoms with Gasteiger partial charge in [-0.2, -0.15) is 15.0 Å². The van der Waals surface area contributed by atoms with Gasteiger partial charge in [-0.3, -0.25) is 9.97 Å². The number of ether oxygens (including phenoxy) is 2. The zero-order chi connectivity index (χ0) is 31.3. The van der Waals surface area contributed by atoms with E-state index < -0.39 is 18.1 Å². The molecule has 230 valence electrons. The number of amides is 1. The van der Waals surface area contributed by atoms with Crippen molar-refractivity contribution >= 4 is 29.9 Å². The number of nitrogens with zero attached hydrogens (tertiary/aromatic N) is 7. The van der Waals surface area contributed by atoms with E-state index in [1.807, 2.05) is 29.2 Å². The molecule has 3 N–H and O–H groups in total. The molecule has 0 saturated carbocycles. The number of benzene rings is 1. The zero-order valence-electron chi connectivity index (χ0n) is 24.8. The van der Waals surface area contributed by atoms with E-state index in [0.717, 1.165) is 11.1 Å². The standard InChI is InChI=1S/C30H35N9O5/c1-38(2)30(42)44-24-10-8-21(9-11-24)16-25(26(40)41)34-28-35-27(33-14-15-43-3)36-29(37-28)39(19-22-6-4-12-31-17-22)20-23-7-5-13-32-18-23/h4-13,17-18,25H,14-16,19-20H2,1-3H3,(H,40,41)(H2,33,34,35,36,37)/t25-/m0/s1. The number of pyridine rings is 2. The van der Waals surface area contributed by atoms with Gasteiger partial charge in [0.05, 0.1) is 6.61 Å². The third-order valence-electron chi connectivity index (χ3n) is 6.22. The van der Waals surface area contributed by atoms with Gasteiger partial charge >= 0.3 is 12.1 Å². The third-order valence-corrected chi connectivity index (χ3v) is 6.22. The van der Waals surface area contributed by atoms with E-state index in [2.05, 4.69) is 35.6 Å². The highest BCUT2D eigenvalue weighted by Crippen LogP contribution is 2.21. The van der Waals surface area contributed by atoms with Gasteiger partial charge in [0.1, 0.15) is 11.8 Å². The van der Waals surface area contributed by atoms with Gasteiger partial charge in [0.2, 0.25) is 17.8 Å². The number of aromatic nitrogens is 5. The minimum Gasteiger partial charge on any atom is -0.480 e. The number of rotatable bonds is 15. The lowest BCUT2D eigenvalue weighted by Gasteiger charge is -2.24. The number of methoxy groups -OCH3 is 1. The van der Waals surface area contributed by atoms with Crippen molar-refractivity contribution in [2.24, 2.45) is 0 Å². The van der Waals surface area contributed by atoms with Crippen LogP contribution in [0.1, 0.15) is 16.7 Å². The second kappa shape index (κ2) is 15.7. The summed E-state index contributed by atoms with van der Waals surface area (Å²) in [5.74, 6) is -0.0734.